The summed E-state index contributed by atoms with van der Waals surface area (Å²) in [7, 11) is -3.94. The first-order valence-corrected chi connectivity index (χ1v) is 11.9. The zero-order valence-corrected chi connectivity index (χ0v) is 18.6. The molecule has 2 aromatic carbocycles. The number of nitrogens with one attached hydrogen (secondary N) is 3. The van der Waals surface area contributed by atoms with Gasteiger partial charge in [0.2, 0.25) is 21.8 Å². The Morgan fingerprint density at radius 2 is 1.69 bits per heavy atom. The maximum absolute atomic E-state index is 13.0. The lowest BCUT2D eigenvalue weighted by molar-refractivity contribution is -0.123. The minimum atomic E-state index is -3.94. The number of hydrogen-bond acceptors (Lipinski definition) is 5. The summed E-state index contributed by atoms with van der Waals surface area (Å²) in [5, 5.41) is 5.71. The molecule has 32 heavy (non-hydrogen) atoms. The fourth-order valence-corrected chi connectivity index (χ4v) is 4.66. The van der Waals surface area contributed by atoms with Crippen molar-refractivity contribution in [2.45, 2.75) is 36.7 Å². The third-order valence-corrected chi connectivity index (χ3v) is 6.76. The van der Waals surface area contributed by atoms with Crippen LogP contribution in [0.2, 0.25) is 0 Å². The van der Waals surface area contributed by atoms with Gasteiger partial charge in [0, 0.05) is 24.8 Å². The molecule has 1 saturated heterocycles. The van der Waals surface area contributed by atoms with Crippen molar-refractivity contribution in [2.75, 3.05) is 25.0 Å². The summed E-state index contributed by atoms with van der Waals surface area (Å²) in [6, 6.07) is 12.5. The second-order valence-corrected chi connectivity index (χ2v) is 9.48. The molecule has 0 aliphatic carbocycles. The zero-order valence-electron chi connectivity index (χ0n) is 17.8. The number of para-hydroxylation sites is 1. The van der Waals surface area contributed by atoms with Gasteiger partial charge in [-0.2, -0.15) is 4.72 Å². The minimum absolute atomic E-state index is 0.0949. The molecule has 2 aromatic rings. The van der Waals surface area contributed by atoms with Crippen LogP contribution < -0.4 is 15.4 Å². The van der Waals surface area contributed by atoms with E-state index in [2.05, 4.69) is 15.4 Å². The summed E-state index contributed by atoms with van der Waals surface area (Å²) < 4.78 is 40.1. The number of piperidine rings is 1. The quantitative estimate of drug-likeness (QED) is 0.554. The number of hydrogen-bond donors (Lipinski definition) is 3. The number of carbonyl (C=O) groups excluding carboxylic acids is 2. The number of carbonyl (C=O) groups is 2. The predicted molar refractivity (Wildman–Crippen MR) is 119 cm³/mol. The van der Waals surface area contributed by atoms with Crippen LogP contribution in [0.3, 0.4) is 0 Å². The van der Waals surface area contributed by atoms with Crippen LogP contribution in [0.25, 0.3) is 0 Å². The molecule has 3 N–H and O–H groups in total. The second kappa shape index (κ2) is 10.7. The van der Waals surface area contributed by atoms with Gasteiger partial charge in [-0.25, -0.2) is 12.8 Å². The Morgan fingerprint density at radius 1 is 1.06 bits per heavy atom. The average Bonchev–Trinajstić information content (AvgIpc) is 2.75. The highest BCUT2D eigenvalue weighted by atomic mass is 32.2. The lowest BCUT2D eigenvalue weighted by atomic mass is 10.0. The van der Waals surface area contributed by atoms with Crippen LogP contribution in [0.4, 0.5) is 10.1 Å². The first-order chi connectivity index (χ1) is 15.2. The van der Waals surface area contributed by atoms with Crippen LogP contribution in [0.1, 0.15) is 19.8 Å². The van der Waals surface area contributed by atoms with Crippen LogP contribution in [0, 0.1) is 5.82 Å². The maximum atomic E-state index is 13.0. The first-order valence-electron chi connectivity index (χ1n) is 10.4. The van der Waals surface area contributed by atoms with E-state index in [0.717, 1.165) is 30.0 Å². The summed E-state index contributed by atoms with van der Waals surface area (Å²) >= 11 is 0. The molecule has 0 bridgehead atoms. The smallest absolute Gasteiger partial charge is 0.241 e. The van der Waals surface area contributed by atoms with E-state index < -0.39 is 27.8 Å². The van der Waals surface area contributed by atoms with Gasteiger partial charge in [0.1, 0.15) is 5.82 Å². The lowest BCUT2D eigenvalue weighted by Crippen LogP contribution is -2.51. The fourth-order valence-electron chi connectivity index (χ4n) is 3.45. The Morgan fingerprint density at radius 3 is 2.31 bits per heavy atom. The third-order valence-electron chi connectivity index (χ3n) is 5.21. The van der Waals surface area contributed by atoms with E-state index in [-0.39, 0.29) is 23.4 Å². The Bertz CT molecular complexity index is 1020. The molecule has 172 valence electrons. The lowest BCUT2D eigenvalue weighted by Gasteiger charge is -2.32. The molecule has 1 atom stereocenters. The molecule has 8 nitrogen and oxygen atoms in total. The third kappa shape index (κ3) is 6.84. The highest BCUT2D eigenvalue weighted by Crippen LogP contribution is 2.13. The second-order valence-electron chi connectivity index (χ2n) is 7.77. The number of anilines is 1. The fraction of sp³-hybridized carbons (Fsp3) is 0.364. The zero-order chi connectivity index (χ0) is 23.1. The molecule has 3 rings (SSSR count). The van der Waals surface area contributed by atoms with Crippen LogP contribution >= 0.6 is 0 Å². The van der Waals surface area contributed by atoms with Gasteiger partial charge in [-0.15, -0.1) is 0 Å². The number of amides is 2. The topological polar surface area (TPSA) is 108 Å². The number of halogens is 1. The predicted octanol–water partition coefficient (Wildman–Crippen LogP) is 1.71. The Kier molecular flexibility index (Phi) is 7.94. The van der Waals surface area contributed by atoms with E-state index in [0.29, 0.717) is 25.9 Å². The molecule has 0 aromatic heterocycles. The van der Waals surface area contributed by atoms with Crippen molar-refractivity contribution in [1.29, 1.82) is 0 Å². The van der Waals surface area contributed by atoms with Crippen molar-refractivity contribution < 1.29 is 22.4 Å². The van der Waals surface area contributed by atoms with E-state index >= 15 is 0 Å². The molecule has 10 heteroatoms. The maximum Gasteiger partial charge on any atom is 0.241 e. The van der Waals surface area contributed by atoms with Crippen molar-refractivity contribution in [3.05, 3.63) is 60.4 Å². The van der Waals surface area contributed by atoms with Gasteiger partial charge >= 0.3 is 0 Å². The number of nitrogens with zero attached hydrogens (tertiary/aromatic N) is 1. The number of sulfonamides is 1. The Labute approximate surface area is 187 Å². The minimum Gasteiger partial charge on any atom is -0.352 e. The van der Waals surface area contributed by atoms with Gasteiger partial charge in [0.15, 0.2) is 0 Å². The monoisotopic (exact) mass is 462 g/mol. The van der Waals surface area contributed by atoms with E-state index in [9.17, 15) is 22.4 Å². The summed E-state index contributed by atoms with van der Waals surface area (Å²) in [4.78, 5) is 26.6. The van der Waals surface area contributed by atoms with Crippen molar-refractivity contribution in [3.63, 3.8) is 0 Å². The summed E-state index contributed by atoms with van der Waals surface area (Å²) in [5.74, 6) is -1.07. The molecular weight excluding hydrogens is 435 g/mol. The van der Waals surface area contributed by atoms with Crippen molar-refractivity contribution in [3.8, 4) is 0 Å². The molecule has 1 fully saturated rings. The van der Waals surface area contributed by atoms with Crippen LogP contribution in [-0.4, -0.2) is 56.9 Å². The molecule has 0 spiro atoms. The largest absolute Gasteiger partial charge is 0.352 e. The van der Waals surface area contributed by atoms with E-state index in [4.69, 9.17) is 0 Å². The first kappa shape index (κ1) is 23.8. The standard InChI is InChI=1S/C22H27FN4O4S/c1-16(26-32(30,31)20-9-7-17(23)8-10-20)22(29)25-19-11-13-27(14-12-19)15-21(28)24-18-5-3-2-4-6-18/h2-10,16,19,26H,11-15H2,1H3,(H,24,28)(H,25,29). The van der Waals surface area contributed by atoms with Crippen LogP contribution in [-0.2, 0) is 19.6 Å². The Hall–Kier alpha value is -2.82. The highest BCUT2D eigenvalue weighted by Gasteiger charge is 2.26. The van der Waals surface area contributed by atoms with Gasteiger partial charge in [0.25, 0.3) is 0 Å². The van der Waals surface area contributed by atoms with Gasteiger partial charge in [0.05, 0.1) is 17.5 Å². The van der Waals surface area contributed by atoms with Crippen molar-refractivity contribution >= 4 is 27.5 Å². The number of benzene rings is 2. The van der Waals surface area contributed by atoms with Crippen LogP contribution in [0.15, 0.2) is 59.5 Å². The highest BCUT2D eigenvalue weighted by molar-refractivity contribution is 7.89. The number of likely N-dealkylation sites (tertiary alicyclic amines) is 1. The SMILES string of the molecule is CC(NS(=O)(=O)c1ccc(F)cc1)C(=O)NC1CCN(CC(=O)Nc2ccccc2)CC1. The van der Waals surface area contributed by atoms with Crippen molar-refractivity contribution in [2.24, 2.45) is 0 Å². The molecule has 2 amide bonds. The van der Waals surface area contributed by atoms with Crippen molar-refractivity contribution in [1.82, 2.24) is 14.9 Å². The van der Waals surface area contributed by atoms with Gasteiger partial charge in [-0.05, 0) is 56.2 Å². The average molecular weight is 463 g/mol. The summed E-state index contributed by atoms with van der Waals surface area (Å²) in [5.41, 5.74) is 0.747. The molecule has 1 aliphatic heterocycles. The molecule has 1 heterocycles. The van der Waals surface area contributed by atoms with E-state index in [1.54, 1.807) is 0 Å². The summed E-state index contributed by atoms with van der Waals surface area (Å²) in [6.07, 6.45) is 1.31. The molecule has 0 radical (unpaired) electrons. The molecular formula is C22H27FN4O4S. The van der Waals surface area contributed by atoms with Gasteiger partial charge in [-0.1, -0.05) is 18.2 Å². The molecule has 0 saturated carbocycles. The van der Waals surface area contributed by atoms with Gasteiger partial charge < -0.3 is 10.6 Å². The molecule has 1 unspecified atom stereocenters. The van der Waals surface area contributed by atoms with E-state index in [1.807, 2.05) is 35.2 Å². The number of rotatable bonds is 8. The Balaban J connectivity index is 1.42. The summed E-state index contributed by atoms with van der Waals surface area (Å²) in [6.45, 7) is 3.01. The van der Waals surface area contributed by atoms with E-state index in [1.165, 1.54) is 6.92 Å². The molecule has 1 aliphatic rings. The normalized spacial score (nSPS) is 16.3. The van der Waals surface area contributed by atoms with Crippen LogP contribution in [0.5, 0.6) is 0 Å². The van der Waals surface area contributed by atoms with Gasteiger partial charge in [-0.3, -0.25) is 14.5 Å².